The highest BCUT2D eigenvalue weighted by Crippen LogP contribution is 2.29. The van der Waals surface area contributed by atoms with Crippen molar-refractivity contribution in [3.8, 4) is 0 Å². The van der Waals surface area contributed by atoms with Gasteiger partial charge in [-0.25, -0.2) is 0 Å². The lowest BCUT2D eigenvalue weighted by Crippen LogP contribution is -2.51. The largest absolute Gasteiger partial charge is 0.344 e. The molecule has 4 nitrogen and oxygen atoms in total. The number of nitrogens with one attached hydrogen (secondary N) is 1. The lowest BCUT2D eigenvalue weighted by molar-refractivity contribution is -0.137. The van der Waals surface area contributed by atoms with Crippen LogP contribution in [0.3, 0.4) is 0 Å². The van der Waals surface area contributed by atoms with E-state index >= 15 is 0 Å². The third-order valence-corrected chi connectivity index (χ3v) is 4.54. The summed E-state index contributed by atoms with van der Waals surface area (Å²) in [7, 11) is 0. The van der Waals surface area contributed by atoms with Crippen LogP contribution in [0.1, 0.15) is 58.8 Å². The molecule has 3 atom stereocenters. The summed E-state index contributed by atoms with van der Waals surface area (Å²) in [6.45, 7) is 4.89. The minimum Gasteiger partial charge on any atom is -0.344 e. The molecule has 0 aromatic rings. The molecule has 0 spiro atoms. The van der Waals surface area contributed by atoms with Crippen molar-refractivity contribution in [1.29, 1.82) is 0 Å². The molecule has 1 aliphatic carbocycles. The van der Waals surface area contributed by atoms with Gasteiger partial charge in [0.25, 0.3) is 0 Å². The molecule has 0 aromatic heterocycles. The molecule has 19 heavy (non-hydrogen) atoms. The quantitative estimate of drug-likeness (QED) is 0.850. The number of nitrogens with zero attached hydrogens (tertiary/aromatic N) is 1. The Kier molecular flexibility index (Phi) is 4.83. The van der Waals surface area contributed by atoms with Gasteiger partial charge in [-0.15, -0.1) is 0 Å². The molecule has 108 valence electrons. The molecule has 1 aliphatic heterocycles. The third-order valence-electron chi connectivity index (χ3n) is 4.54. The van der Waals surface area contributed by atoms with Gasteiger partial charge in [0.2, 0.25) is 11.8 Å². The van der Waals surface area contributed by atoms with Crippen molar-refractivity contribution in [3.63, 3.8) is 0 Å². The smallest absolute Gasteiger partial charge is 0.245 e. The normalized spacial score (nSPS) is 32.9. The van der Waals surface area contributed by atoms with Gasteiger partial charge < -0.3 is 10.2 Å². The van der Waals surface area contributed by atoms with Crippen molar-refractivity contribution >= 4 is 11.8 Å². The van der Waals surface area contributed by atoms with Gasteiger partial charge in [0.15, 0.2) is 0 Å². The van der Waals surface area contributed by atoms with Crippen LogP contribution in [-0.4, -0.2) is 35.3 Å². The lowest BCUT2D eigenvalue weighted by Gasteiger charge is -2.39. The topological polar surface area (TPSA) is 49.4 Å². The summed E-state index contributed by atoms with van der Waals surface area (Å²) >= 11 is 0. The standard InChI is InChI=1S/C15H26N2O2/c1-3-6-12-15(19)17(10-9-14(18)16-12)13-8-5-4-7-11(13)2/h11-13H,3-10H2,1-2H3,(H,16,18). The molecule has 1 heterocycles. The highest BCUT2D eigenvalue weighted by atomic mass is 16.2. The molecule has 1 saturated heterocycles. The Bertz CT molecular complexity index is 343. The van der Waals surface area contributed by atoms with E-state index in [0.717, 1.165) is 19.3 Å². The van der Waals surface area contributed by atoms with Crippen LogP contribution in [0.25, 0.3) is 0 Å². The van der Waals surface area contributed by atoms with E-state index in [-0.39, 0.29) is 17.9 Å². The number of hydrogen-bond donors (Lipinski definition) is 1. The molecule has 4 heteroatoms. The van der Waals surface area contributed by atoms with E-state index in [1.165, 1.54) is 19.3 Å². The van der Waals surface area contributed by atoms with Crippen molar-refractivity contribution in [2.24, 2.45) is 5.92 Å². The zero-order chi connectivity index (χ0) is 13.8. The Hall–Kier alpha value is -1.06. The lowest BCUT2D eigenvalue weighted by atomic mass is 9.84. The minimum atomic E-state index is -0.297. The average Bonchev–Trinajstić information content (AvgIpc) is 2.52. The van der Waals surface area contributed by atoms with Crippen molar-refractivity contribution in [3.05, 3.63) is 0 Å². The van der Waals surface area contributed by atoms with Crippen molar-refractivity contribution in [2.75, 3.05) is 6.54 Å². The maximum Gasteiger partial charge on any atom is 0.245 e. The summed E-state index contributed by atoms with van der Waals surface area (Å²) in [5.41, 5.74) is 0. The van der Waals surface area contributed by atoms with Crippen LogP contribution in [-0.2, 0) is 9.59 Å². The Balaban J connectivity index is 2.12. The second kappa shape index (κ2) is 6.40. The molecular formula is C15H26N2O2. The minimum absolute atomic E-state index is 0.0257. The second-order valence-electron chi connectivity index (χ2n) is 6.02. The van der Waals surface area contributed by atoms with Gasteiger partial charge in [-0.3, -0.25) is 9.59 Å². The second-order valence-corrected chi connectivity index (χ2v) is 6.02. The van der Waals surface area contributed by atoms with Crippen molar-refractivity contribution in [2.45, 2.75) is 70.9 Å². The zero-order valence-corrected chi connectivity index (χ0v) is 12.2. The number of hydrogen-bond acceptors (Lipinski definition) is 2. The van der Waals surface area contributed by atoms with E-state index in [4.69, 9.17) is 0 Å². The molecule has 1 saturated carbocycles. The van der Waals surface area contributed by atoms with E-state index in [2.05, 4.69) is 19.2 Å². The molecular weight excluding hydrogens is 240 g/mol. The monoisotopic (exact) mass is 266 g/mol. The maximum atomic E-state index is 12.6. The number of rotatable bonds is 3. The summed E-state index contributed by atoms with van der Waals surface area (Å²) in [4.78, 5) is 26.4. The first-order valence-electron chi connectivity index (χ1n) is 7.73. The summed E-state index contributed by atoms with van der Waals surface area (Å²) in [5, 5.41) is 2.88. The number of carbonyl (C=O) groups is 2. The Morgan fingerprint density at radius 1 is 1.26 bits per heavy atom. The van der Waals surface area contributed by atoms with E-state index in [1.54, 1.807) is 0 Å². The summed E-state index contributed by atoms with van der Waals surface area (Å²) in [6, 6.07) is 0.0439. The van der Waals surface area contributed by atoms with Crippen LogP contribution in [0.5, 0.6) is 0 Å². The van der Waals surface area contributed by atoms with E-state index < -0.39 is 0 Å². The van der Waals surface area contributed by atoms with Gasteiger partial charge in [-0.05, 0) is 25.2 Å². The summed E-state index contributed by atoms with van der Waals surface area (Å²) in [6.07, 6.45) is 6.91. The molecule has 2 amide bonds. The average molecular weight is 266 g/mol. The molecule has 1 N–H and O–H groups in total. The summed E-state index contributed by atoms with van der Waals surface area (Å²) in [5.74, 6) is 0.734. The van der Waals surface area contributed by atoms with Crippen LogP contribution >= 0.6 is 0 Å². The van der Waals surface area contributed by atoms with E-state index in [1.807, 2.05) is 4.90 Å². The first kappa shape index (κ1) is 14.4. The Morgan fingerprint density at radius 3 is 2.68 bits per heavy atom. The van der Waals surface area contributed by atoms with Crippen LogP contribution in [0.15, 0.2) is 0 Å². The van der Waals surface area contributed by atoms with E-state index in [0.29, 0.717) is 24.9 Å². The van der Waals surface area contributed by atoms with Gasteiger partial charge >= 0.3 is 0 Å². The van der Waals surface area contributed by atoms with E-state index in [9.17, 15) is 9.59 Å². The number of carbonyl (C=O) groups excluding carboxylic acids is 2. The first-order chi connectivity index (χ1) is 9.13. The fourth-order valence-corrected chi connectivity index (χ4v) is 3.43. The van der Waals surface area contributed by atoms with Gasteiger partial charge in [-0.1, -0.05) is 33.1 Å². The maximum absolute atomic E-state index is 12.6. The molecule has 0 bridgehead atoms. The van der Waals surface area contributed by atoms with Crippen LogP contribution in [0.2, 0.25) is 0 Å². The SMILES string of the molecule is CCCC1NC(=O)CCN(C2CCCCC2C)C1=O. The molecule has 3 unspecified atom stereocenters. The zero-order valence-electron chi connectivity index (χ0n) is 12.2. The Labute approximate surface area is 115 Å². The fraction of sp³-hybridized carbons (Fsp3) is 0.867. The highest BCUT2D eigenvalue weighted by Gasteiger charge is 2.36. The third kappa shape index (κ3) is 3.28. The Morgan fingerprint density at radius 2 is 2.00 bits per heavy atom. The van der Waals surface area contributed by atoms with Gasteiger partial charge in [-0.2, -0.15) is 0 Å². The van der Waals surface area contributed by atoms with Gasteiger partial charge in [0.05, 0.1) is 0 Å². The predicted molar refractivity (Wildman–Crippen MR) is 74.6 cm³/mol. The van der Waals surface area contributed by atoms with Gasteiger partial charge in [0.1, 0.15) is 6.04 Å². The highest BCUT2D eigenvalue weighted by molar-refractivity contribution is 5.90. The number of amides is 2. The van der Waals surface area contributed by atoms with Crippen LogP contribution < -0.4 is 5.32 Å². The predicted octanol–water partition coefficient (Wildman–Crippen LogP) is 2.08. The van der Waals surface area contributed by atoms with Crippen molar-refractivity contribution < 1.29 is 9.59 Å². The molecule has 0 aromatic carbocycles. The van der Waals surface area contributed by atoms with Crippen LogP contribution in [0.4, 0.5) is 0 Å². The fourth-order valence-electron chi connectivity index (χ4n) is 3.43. The molecule has 0 radical (unpaired) electrons. The summed E-state index contributed by atoms with van der Waals surface area (Å²) < 4.78 is 0. The molecule has 2 fully saturated rings. The van der Waals surface area contributed by atoms with Gasteiger partial charge in [0, 0.05) is 19.0 Å². The molecule has 2 aliphatic rings. The van der Waals surface area contributed by atoms with Crippen molar-refractivity contribution in [1.82, 2.24) is 10.2 Å². The van der Waals surface area contributed by atoms with Crippen LogP contribution in [0, 0.1) is 5.92 Å². The first-order valence-corrected chi connectivity index (χ1v) is 7.73. The molecule has 2 rings (SSSR count).